The van der Waals surface area contributed by atoms with E-state index in [2.05, 4.69) is 9.80 Å². The van der Waals surface area contributed by atoms with Gasteiger partial charge in [0.15, 0.2) is 0 Å². The number of halogens is 1. The molecule has 1 heterocycles. The molecule has 1 N–H and O–H groups in total. The van der Waals surface area contributed by atoms with Crippen LogP contribution in [0.15, 0.2) is 18.2 Å². The highest BCUT2D eigenvalue weighted by Gasteiger charge is 2.27. The summed E-state index contributed by atoms with van der Waals surface area (Å²) in [4.78, 5) is 4.80. The SMILES string of the molecule is C[C@@H](O)c1cc(F)ccc1N1CCN(CC2CC2)CC1. The fourth-order valence-corrected chi connectivity index (χ4v) is 2.98. The largest absolute Gasteiger partial charge is 0.389 e. The molecule has 0 unspecified atom stereocenters. The molecule has 1 aromatic carbocycles. The van der Waals surface area contributed by atoms with E-state index in [1.807, 2.05) is 0 Å². The highest BCUT2D eigenvalue weighted by molar-refractivity contribution is 5.55. The Morgan fingerprint density at radius 1 is 1.25 bits per heavy atom. The van der Waals surface area contributed by atoms with Crippen molar-refractivity contribution in [1.29, 1.82) is 0 Å². The normalized spacial score (nSPS) is 22.1. The predicted octanol–water partition coefficient (Wildman–Crippen LogP) is 2.41. The minimum atomic E-state index is -0.634. The molecule has 1 aromatic rings. The number of benzene rings is 1. The molecular formula is C16H23FN2O. The van der Waals surface area contributed by atoms with E-state index in [-0.39, 0.29) is 5.82 Å². The monoisotopic (exact) mass is 278 g/mol. The highest BCUT2D eigenvalue weighted by atomic mass is 19.1. The van der Waals surface area contributed by atoms with Crippen LogP contribution in [0.5, 0.6) is 0 Å². The summed E-state index contributed by atoms with van der Waals surface area (Å²) in [5.41, 5.74) is 1.67. The smallest absolute Gasteiger partial charge is 0.123 e. The summed E-state index contributed by atoms with van der Waals surface area (Å²) in [5, 5.41) is 9.84. The zero-order valence-electron chi connectivity index (χ0n) is 12.1. The maximum Gasteiger partial charge on any atom is 0.123 e. The van der Waals surface area contributed by atoms with Crippen LogP contribution >= 0.6 is 0 Å². The molecule has 1 saturated carbocycles. The van der Waals surface area contributed by atoms with Crippen LogP contribution in [0.3, 0.4) is 0 Å². The number of piperazine rings is 1. The van der Waals surface area contributed by atoms with Gasteiger partial charge in [0.25, 0.3) is 0 Å². The second kappa shape index (κ2) is 5.70. The molecule has 0 radical (unpaired) electrons. The van der Waals surface area contributed by atoms with E-state index in [4.69, 9.17) is 0 Å². The van der Waals surface area contributed by atoms with Crippen molar-refractivity contribution in [3.8, 4) is 0 Å². The molecule has 1 saturated heterocycles. The first-order chi connectivity index (χ1) is 9.63. The summed E-state index contributed by atoms with van der Waals surface area (Å²) in [6.45, 7) is 6.97. The van der Waals surface area contributed by atoms with Gasteiger partial charge in [-0.1, -0.05) is 0 Å². The lowest BCUT2D eigenvalue weighted by molar-refractivity contribution is 0.198. The van der Waals surface area contributed by atoms with Crippen molar-refractivity contribution >= 4 is 5.69 Å². The van der Waals surface area contributed by atoms with Gasteiger partial charge in [0.2, 0.25) is 0 Å². The van der Waals surface area contributed by atoms with Crippen molar-refractivity contribution in [1.82, 2.24) is 4.90 Å². The molecule has 0 spiro atoms. The van der Waals surface area contributed by atoms with Gasteiger partial charge in [-0.3, -0.25) is 4.90 Å². The van der Waals surface area contributed by atoms with Crippen LogP contribution in [0.2, 0.25) is 0 Å². The van der Waals surface area contributed by atoms with Gasteiger partial charge in [-0.05, 0) is 43.9 Å². The summed E-state index contributed by atoms with van der Waals surface area (Å²) in [7, 11) is 0. The van der Waals surface area contributed by atoms with Crippen LogP contribution in [0, 0.1) is 11.7 Å². The Morgan fingerprint density at radius 3 is 2.55 bits per heavy atom. The zero-order chi connectivity index (χ0) is 14.1. The van der Waals surface area contributed by atoms with E-state index in [1.165, 1.54) is 31.5 Å². The van der Waals surface area contributed by atoms with Crippen LogP contribution in [0.25, 0.3) is 0 Å². The summed E-state index contributed by atoms with van der Waals surface area (Å²) in [6, 6.07) is 4.74. The van der Waals surface area contributed by atoms with E-state index >= 15 is 0 Å². The molecule has 0 bridgehead atoms. The van der Waals surface area contributed by atoms with Crippen molar-refractivity contribution in [2.24, 2.45) is 5.92 Å². The highest BCUT2D eigenvalue weighted by Crippen LogP contribution is 2.31. The maximum absolute atomic E-state index is 13.3. The van der Waals surface area contributed by atoms with Gasteiger partial charge in [0, 0.05) is 44.0 Å². The van der Waals surface area contributed by atoms with Crippen molar-refractivity contribution in [2.45, 2.75) is 25.9 Å². The first-order valence-corrected chi connectivity index (χ1v) is 7.58. The fourth-order valence-electron chi connectivity index (χ4n) is 2.98. The van der Waals surface area contributed by atoms with Crippen molar-refractivity contribution in [2.75, 3.05) is 37.6 Å². The molecule has 1 atom stereocenters. The van der Waals surface area contributed by atoms with Crippen LogP contribution < -0.4 is 4.90 Å². The van der Waals surface area contributed by atoms with Crippen LogP contribution in [0.4, 0.5) is 10.1 Å². The number of hydrogen-bond donors (Lipinski definition) is 1. The van der Waals surface area contributed by atoms with E-state index in [0.29, 0.717) is 5.56 Å². The molecule has 1 aliphatic carbocycles. The molecule has 2 fully saturated rings. The molecule has 0 amide bonds. The van der Waals surface area contributed by atoms with Crippen LogP contribution in [0.1, 0.15) is 31.4 Å². The number of hydrogen-bond acceptors (Lipinski definition) is 3. The number of rotatable bonds is 4. The first kappa shape index (κ1) is 13.8. The summed E-state index contributed by atoms with van der Waals surface area (Å²) >= 11 is 0. The van der Waals surface area contributed by atoms with E-state index in [1.54, 1.807) is 13.0 Å². The standard InChI is InChI=1S/C16H23FN2O/c1-12(20)15-10-14(17)4-5-16(15)19-8-6-18(7-9-19)11-13-2-3-13/h4-5,10,12-13,20H,2-3,6-9,11H2,1H3/t12-/m1/s1. The molecule has 3 nitrogen and oxygen atoms in total. The third kappa shape index (κ3) is 3.13. The topological polar surface area (TPSA) is 26.7 Å². The average molecular weight is 278 g/mol. The maximum atomic E-state index is 13.3. The first-order valence-electron chi connectivity index (χ1n) is 7.58. The Morgan fingerprint density at radius 2 is 1.95 bits per heavy atom. The number of anilines is 1. The third-order valence-electron chi connectivity index (χ3n) is 4.37. The van der Waals surface area contributed by atoms with Gasteiger partial charge in [0.1, 0.15) is 5.82 Å². The van der Waals surface area contributed by atoms with Crippen molar-refractivity contribution in [3.63, 3.8) is 0 Å². The number of aliphatic hydroxyl groups excluding tert-OH is 1. The Kier molecular flexibility index (Phi) is 3.94. The minimum absolute atomic E-state index is 0.281. The van der Waals surface area contributed by atoms with E-state index in [0.717, 1.165) is 37.8 Å². The molecule has 110 valence electrons. The number of aliphatic hydroxyl groups is 1. The van der Waals surface area contributed by atoms with Crippen molar-refractivity contribution in [3.05, 3.63) is 29.6 Å². The fraction of sp³-hybridized carbons (Fsp3) is 0.625. The average Bonchev–Trinajstić information content (AvgIpc) is 3.24. The minimum Gasteiger partial charge on any atom is -0.389 e. The molecule has 20 heavy (non-hydrogen) atoms. The lowest BCUT2D eigenvalue weighted by Gasteiger charge is -2.37. The number of nitrogens with zero attached hydrogens (tertiary/aromatic N) is 2. The molecule has 4 heteroatoms. The van der Waals surface area contributed by atoms with E-state index < -0.39 is 6.10 Å². The van der Waals surface area contributed by atoms with Gasteiger partial charge >= 0.3 is 0 Å². The lowest BCUT2D eigenvalue weighted by Crippen LogP contribution is -2.47. The molecule has 0 aromatic heterocycles. The summed E-state index contributed by atoms with van der Waals surface area (Å²) in [6.07, 6.45) is 2.15. The Hall–Kier alpha value is -1.13. The molecule has 2 aliphatic rings. The molecule has 1 aliphatic heterocycles. The van der Waals surface area contributed by atoms with Gasteiger partial charge in [-0.15, -0.1) is 0 Å². The predicted molar refractivity (Wildman–Crippen MR) is 78.4 cm³/mol. The molecule has 3 rings (SSSR count). The zero-order valence-corrected chi connectivity index (χ0v) is 12.1. The Labute approximate surface area is 120 Å². The second-order valence-electron chi connectivity index (χ2n) is 6.11. The quantitative estimate of drug-likeness (QED) is 0.916. The van der Waals surface area contributed by atoms with Gasteiger partial charge in [-0.2, -0.15) is 0 Å². The van der Waals surface area contributed by atoms with Gasteiger partial charge in [0.05, 0.1) is 6.10 Å². The van der Waals surface area contributed by atoms with Gasteiger partial charge < -0.3 is 10.0 Å². The summed E-state index contributed by atoms with van der Waals surface area (Å²) < 4.78 is 13.3. The Bertz CT molecular complexity index is 466. The van der Waals surface area contributed by atoms with E-state index in [9.17, 15) is 9.50 Å². The van der Waals surface area contributed by atoms with Crippen molar-refractivity contribution < 1.29 is 9.50 Å². The van der Waals surface area contributed by atoms with Crippen LogP contribution in [-0.2, 0) is 0 Å². The molecular weight excluding hydrogens is 255 g/mol. The van der Waals surface area contributed by atoms with Crippen LogP contribution in [-0.4, -0.2) is 42.7 Å². The summed E-state index contributed by atoms with van der Waals surface area (Å²) in [5.74, 6) is 0.650. The second-order valence-corrected chi connectivity index (χ2v) is 6.11. The third-order valence-corrected chi connectivity index (χ3v) is 4.37. The Balaban J connectivity index is 1.67. The lowest BCUT2D eigenvalue weighted by atomic mass is 10.1. The van der Waals surface area contributed by atoms with Gasteiger partial charge in [-0.25, -0.2) is 4.39 Å².